The molecule has 1 atom stereocenters. The molecule has 0 spiro atoms. The lowest BCUT2D eigenvalue weighted by atomic mass is 10.00. The lowest BCUT2D eigenvalue weighted by Gasteiger charge is -2.34. The molecule has 2 aromatic rings. The molecule has 1 fully saturated rings. The number of rotatable bonds is 5. The summed E-state index contributed by atoms with van der Waals surface area (Å²) in [6, 6.07) is 18.4. The maximum atomic E-state index is 9.54. The van der Waals surface area contributed by atoms with E-state index in [-0.39, 0.29) is 0 Å². The third-order valence-electron chi connectivity index (χ3n) is 4.34. The Morgan fingerprint density at radius 3 is 2.39 bits per heavy atom. The first-order chi connectivity index (χ1) is 11.3. The molecule has 1 unspecified atom stereocenters. The smallest absolute Gasteiger partial charge is 0.115 e. The van der Waals surface area contributed by atoms with Gasteiger partial charge < -0.3 is 10.4 Å². The fourth-order valence-corrected chi connectivity index (χ4v) is 3.08. The summed E-state index contributed by atoms with van der Waals surface area (Å²) in [6.07, 6.45) is 5.42. The van der Waals surface area contributed by atoms with E-state index < -0.39 is 0 Å². The van der Waals surface area contributed by atoms with Gasteiger partial charge in [-0.3, -0.25) is 4.90 Å². The highest BCUT2D eigenvalue weighted by molar-refractivity contribution is 5.48. The van der Waals surface area contributed by atoms with Crippen LogP contribution in [0.4, 0.5) is 0 Å². The third-order valence-corrected chi connectivity index (χ3v) is 4.34. The number of nitrogens with one attached hydrogen (secondary N) is 1. The Morgan fingerprint density at radius 2 is 1.70 bits per heavy atom. The summed E-state index contributed by atoms with van der Waals surface area (Å²) in [5.74, 6) is 0.327. The number of aromatic hydroxyl groups is 1. The zero-order chi connectivity index (χ0) is 15.9. The molecule has 0 aromatic heterocycles. The van der Waals surface area contributed by atoms with Gasteiger partial charge >= 0.3 is 0 Å². The molecule has 3 heteroatoms. The second kappa shape index (κ2) is 7.95. The Balaban J connectivity index is 1.74. The monoisotopic (exact) mass is 308 g/mol. The molecule has 3 nitrogen and oxygen atoms in total. The third kappa shape index (κ3) is 4.44. The minimum Gasteiger partial charge on any atom is -0.508 e. The van der Waals surface area contributed by atoms with Crippen molar-refractivity contribution in [1.82, 2.24) is 10.2 Å². The van der Waals surface area contributed by atoms with Gasteiger partial charge in [0.05, 0.1) is 0 Å². The largest absolute Gasteiger partial charge is 0.508 e. The summed E-state index contributed by atoms with van der Waals surface area (Å²) < 4.78 is 0. The van der Waals surface area contributed by atoms with Crippen molar-refractivity contribution in [3.05, 3.63) is 71.8 Å². The highest BCUT2D eigenvalue weighted by atomic mass is 16.3. The van der Waals surface area contributed by atoms with Gasteiger partial charge in [-0.1, -0.05) is 54.6 Å². The first kappa shape index (κ1) is 15.8. The number of benzene rings is 2. The van der Waals surface area contributed by atoms with Crippen molar-refractivity contribution < 1.29 is 5.11 Å². The van der Waals surface area contributed by atoms with E-state index in [4.69, 9.17) is 0 Å². The summed E-state index contributed by atoms with van der Waals surface area (Å²) in [5.41, 5.74) is 2.50. The second-order valence-corrected chi connectivity index (χ2v) is 5.94. The van der Waals surface area contributed by atoms with E-state index in [1.807, 2.05) is 18.2 Å². The van der Waals surface area contributed by atoms with E-state index in [2.05, 4.69) is 46.6 Å². The highest BCUT2D eigenvalue weighted by Gasteiger charge is 2.20. The van der Waals surface area contributed by atoms with Crippen molar-refractivity contribution >= 4 is 6.08 Å². The van der Waals surface area contributed by atoms with Crippen LogP contribution in [0.1, 0.15) is 23.6 Å². The van der Waals surface area contributed by atoms with Gasteiger partial charge in [0.15, 0.2) is 0 Å². The molecule has 0 bridgehead atoms. The maximum Gasteiger partial charge on any atom is 0.115 e. The van der Waals surface area contributed by atoms with Gasteiger partial charge in [-0.2, -0.15) is 0 Å². The van der Waals surface area contributed by atoms with Gasteiger partial charge in [0.25, 0.3) is 0 Å². The summed E-state index contributed by atoms with van der Waals surface area (Å²) in [4.78, 5) is 2.53. The normalized spacial score (nSPS) is 17.4. The molecule has 0 saturated carbocycles. The first-order valence-electron chi connectivity index (χ1n) is 8.28. The number of piperazine rings is 1. The molecular weight excluding hydrogens is 284 g/mol. The molecule has 1 aliphatic heterocycles. The van der Waals surface area contributed by atoms with E-state index in [1.54, 1.807) is 12.1 Å². The van der Waals surface area contributed by atoms with Gasteiger partial charge in [-0.25, -0.2) is 0 Å². The predicted molar refractivity (Wildman–Crippen MR) is 95.4 cm³/mol. The molecule has 1 saturated heterocycles. The Bertz CT molecular complexity index is 616. The van der Waals surface area contributed by atoms with Crippen LogP contribution < -0.4 is 5.32 Å². The molecule has 0 amide bonds. The SMILES string of the molecule is Oc1ccc(C(C/C=C/c2ccccc2)N2CCNCC2)cc1. The van der Waals surface area contributed by atoms with Gasteiger partial charge in [0, 0.05) is 32.2 Å². The van der Waals surface area contributed by atoms with E-state index in [9.17, 15) is 5.11 Å². The number of phenols is 1. The second-order valence-electron chi connectivity index (χ2n) is 5.94. The lowest BCUT2D eigenvalue weighted by molar-refractivity contribution is 0.174. The highest BCUT2D eigenvalue weighted by Crippen LogP contribution is 2.27. The maximum absolute atomic E-state index is 9.54. The molecule has 23 heavy (non-hydrogen) atoms. The average molecular weight is 308 g/mol. The molecule has 2 aromatic carbocycles. The van der Waals surface area contributed by atoms with Gasteiger partial charge in [0.2, 0.25) is 0 Å². The lowest BCUT2D eigenvalue weighted by Crippen LogP contribution is -2.45. The Labute approximate surface area is 138 Å². The van der Waals surface area contributed by atoms with E-state index in [1.165, 1.54) is 11.1 Å². The quantitative estimate of drug-likeness (QED) is 0.888. The minimum absolute atomic E-state index is 0.327. The predicted octanol–water partition coefficient (Wildman–Crippen LogP) is 3.44. The van der Waals surface area contributed by atoms with Crippen LogP contribution in [0.5, 0.6) is 5.75 Å². The van der Waals surface area contributed by atoms with Crippen LogP contribution in [0.25, 0.3) is 6.08 Å². The fourth-order valence-electron chi connectivity index (χ4n) is 3.08. The van der Waals surface area contributed by atoms with Crippen LogP contribution in [-0.2, 0) is 0 Å². The van der Waals surface area contributed by atoms with E-state index in [0.717, 1.165) is 32.6 Å². The van der Waals surface area contributed by atoms with Gasteiger partial charge in [-0.15, -0.1) is 0 Å². The standard InChI is InChI=1S/C20H24N2O/c23-19-11-9-18(10-12-19)20(22-15-13-21-14-16-22)8-4-7-17-5-2-1-3-6-17/h1-7,9-12,20-21,23H,8,13-16H2/b7-4+. The summed E-state index contributed by atoms with van der Waals surface area (Å²) in [7, 11) is 0. The van der Waals surface area contributed by atoms with Crippen molar-refractivity contribution in [2.45, 2.75) is 12.5 Å². The zero-order valence-corrected chi connectivity index (χ0v) is 13.4. The van der Waals surface area contributed by atoms with E-state index in [0.29, 0.717) is 11.8 Å². The van der Waals surface area contributed by atoms with Crippen molar-refractivity contribution in [1.29, 1.82) is 0 Å². The Morgan fingerprint density at radius 1 is 1.00 bits per heavy atom. The molecular formula is C20H24N2O. The number of hydrogen-bond acceptors (Lipinski definition) is 3. The molecule has 120 valence electrons. The molecule has 2 N–H and O–H groups in total. The van der Waals surface area contributed by atoms with Crippen LogP contribution in [0, 0.1) is 0 Å². The summed E-state index contributed by atoms with van der Waals surface area (Å²) in [6.45, 7) is 4.20. The fraction of sp³-hybridized carbons (Fsp3) is 0.300. The Hall–Kier alpha value is -2.10. The molecule has 1 heterocycles. The van der Waals surface area contributed by atoms with Gasteiger partial charge in [0.1, 0.15) is 5.75 Å². The number of phenolic OH excluding ortho intramolecular Hbond substituents is 1. The van der Waals surface area contributed by atoms with Crippen molar-refractivity contribution in [3.8, 4) is 5.75 Å². The molecule has 0 aliphatic carbocycles. The van der Waals surface area contributed by atoms with Crippen LogP contribution in [0.3, 0.4) is 0 Å². The van der Waals surface area contributed by atoms with Crippen LogP contribution in [0.2, 0.25) is 0 Å². The zero-order valence-electron chi connectivity index (χ0n) is 13.4. The number of hydrogen-bond donors (Lipinski definition) is 2. The van der Waals surface area contributed by atoms with E-state index >= 15 is 0 Å². The van der Waals surface area contributed by atoms with Crippen molar-refractivity contribution in [2.75, 3.05) is 26.2 Å². The summed E-state index contributed by atoms with van der Waals surface area (Å²) >= 11 is 0. The average Bonchev–Trinajstić information content (AvgIpc) is 2.61. The summed E-state index contributed by atoms with van der Waals surface area (Å²) in [5, 5.41) is 12.9. The van der Waals surface area contributed by atoms with Gasteiger partial charge in [-0.05, 0) is 29.7 Å². The molecule has 3 rings (SSSR count). The topological polar surface area (TPSA) is 35.5 Å². The van der Waals surface area contributed by atoms with Crippen LogP contribution >= 0.6 is 0 Å². The molecule has 1 aliphatic rings. The van der Waals surface area contributed by atoms with Crippen LogP contribution in [0.15, 0.2) is 60.7 Å². The molecule has 0 radical (unpaired) electrons. The van der Waals surface area contributed by atoms with Crippen molar-refractivity contribution in [2.24, 2.45) is 0 Å². The van der Waals surface area contributed by atoms with Crippen LogP contribution in [-0.4, -0.2) is 36.2 Å². The minimum atomic E-state index is 0.327. The Kier molecular flexibility index (Phi) is 5.46. The van der Waals surface area contributed by atoms with Crippen molar-refractivity contribution in [3.63, 3.8) is 0 Å². The number of nitrogens with zero attached hydrogens (tertiary/aromatic N) is 1. The first-order valence-corrected chi connectivity index (χ1v) is 8.28.